The zero-order chi connectivity index (χ0) is 21.1. The van der Waals surface area contributed by atoms with Crippen LogP contribution in [0.3, 0.4) is 0 Å². The Morgan fingerprint density at radius 2 is 1.87 bits per heavy atom. The average molecular weight is 442 g/mol. The van der Waals surface area contributed by atoms with Gasteiger partial charge in [-0.25, -0.2) is 23.1 Å². The standard InChI is InChI=1S/C20H16ClN5O3S/c1-14-3-4-15(21)11-18(14)30(27,28)25-16-5-7-17(8-6-16)29-20-12-19(22-13-23-20)26-10-2-9-24-26/h2-13,25H,1H3. The van der Waals surface area contributed by atoms with Gasteiger partial charge < -0.3 is 4.74 Å². The second-order valence-corrected chi connectivity index (χ2v) is 8.39. The number of hydrogen-bond donors (Lipinski definition) is 1. The van der Waals surface area contributed by atoms with Crippen molar-refractivity contribution >= 4 is 27.3 Å². The van der Waals surface area contributed by atoms with Crippen molar-refractivity contribution in [1.82, 2.24) is 19.7 Å². The van der Waals surface area contributed by atoms with Gasteiger partial charge in [-0.05, 0) is 55.0 Å². The number of anilines is 1. The Morgan fingerprint density at radius 1 is 1.07 bits per heavy atom. The molecule has 2 aromatic carbocycles. The molecule has 4 aromatic rings. The molecule has 30 heavy (non-hydrogen) atoms. The second kappa shape index (κ2) is 8.13. The molecule has 2 aromatic heterocycles. The number of nitrogens with zero attached hydrogens (tertiary/aromatic N) is 4. The van der Waals surface area contributed by atoms with Gasteiger partial charge in [-0.1, -0.05) is 17.7 Å². The van der Waals surface area contributed by atoms with Gasteiger partial charge in [-0.3, -0.25) is 4.72 Å². The molecule has 0 amide bonds. The number of nitrogens with one attached hydrogen (secondary N) is 1. The van der Waals surface area contributed by atoms with Crippen LogP contribution in [0.5, 0.6) is 11.6 Å². The first-order valence-electron chi connectivity index (χ1n) is 8.80. The van der Waals surface area contributed by atoms with Crippen LogP contribution < -0.4 is 9.46 Å². The number of sulfonamides is 1. The molecule has 1 N–H and O–H groups in total. The van der Waals surface area contributed by atoms with E-state index in [1.54, 1.807) is 72.5 Å². The monoisotopic (exact) mass is 441 g/mol. The lowest BCUT2D eigenvalue weighted by molar-refractivity contribution is 0.460. The molecule has 4 rings (SSSR count). The van der Waals surface area contributed by atoms with E-state index in [4.69, 9.17) is 16.3 Å². The molecule has 0 aliphatic rings. The number of halogens is 1. The molecule has 0 saturated heterocycles. The molecule has 0 bridgehead atoms. The Morgan fingerprint density at radius 3 is 2.60 bits per heavy atom. The highest BCUT2D eigenvalue weighted by molar-refractivity contribution is 7.92. The molecule has 10 heteroatoms. The van der Waals surface area contributed by atoms with Crippen LogP contribution >= 0.6 is 11.6 Å². The third kappa shape index (κ3) is 4.42. The van der Waals surface area contributed by atoms with Gasteiger partial charge in [0.25, 0.3) is 10.0 Å². The highest BCUT2D eigenvalue weighted by Crippen LogP contribution is 2.25. The van der Waals surface area contributed by atoms with Crippen molar-refractivity contribution in [3.05, 3.63) is 83.9 Å². The van der Waals surface area contributed by atoms with Crippen molar-refractivity contribution in [2.24, 2.45) is 0 Å². The summed E-state index contributed by atoms with van der Waals surface area (Å²) in [6.07, 6.45) is 4.78. The van der Waals surface area contributed by atoms with Crippen LogP contribution in [-0.4, -0.2) is 28.2 Å². The summed E-state index contributed by atoms with van der Waals surface area (Å²) in [5.74, 6) is 1.38. The maximum Gasteiger partial charge on any atom is 0.262 e. The van der Waals surface area contributed by atoms with Crippen LogP contribution in [-0.2, 0) is 10.0 Å². The van der Waals surface area contributed by atoms with Crippen LogP contribution in [0.2, 0.25) is 5.02 Å². The van der Waals surface area contributed by atoms with Crippen molar-refractivity contribution in [3.63, 3.8) is 0 Å². The summed E-state index contributed by atoms with van der Waals surface area (Å²) >= 11 is 5.94. The first-order valence-corrected chi connectivity index (χ1v) is 10.7. The van der Waals surface area contributed by atoms with E-state index in [0.717, 1.165) is 0 Å². The van der Waals surface area contributed by atoms with E-state index >= 15 is 0 Å². The smallest absolute Gasteiger partial charge is 0.262 e. The maximum atomic E-state index is 12.7. The van der Waals surface area contributed by atoms with Gasteiger partial charge in [0, 0.05) is 29.2 Å². The van der Waals surface area contributed by atoms with Crippen molar-refractivity contribution in [2.45, 2.75) is 11.8 Å². The van der Waals surface area contributed by atoms with E-state index in [-0.39, 0.29) is 4.90 Å². The van der Waals surface area contributed by atoms with Crippen molar-refractivity contribution in [1.29, 1.82) is 0 Å². The molecule has 0 aliphatic heterocycles. The fourth-order valence-corrected chi connectivity index (χ4v) is 4.27. The fourth-order valence-electron chi connectivity index (χ4n) is 2.70. The van der Waals surface area contributed by atoms with Gasteiger partial charge in [0.15, 0.2) is 5.82 Å². The molecular formula is C20H16ClN5O3S. The summed E-state index contributed by atoms with van der Waals surface area (Å²) in [6, 6.07) is 14.6. The topological polar surface area (TPSA) is 99.0 Å². The highest BCUT2D eigenvalue weighted by atomic mass is 35.5. The normalized spacial score (nSPS) is 11.3. The van der Waals surface area contributed by atoms with E-state index < -0.39 is 10.0 Å². The SMILES string of the molecule is Cc1ccc(Cl)cc1S(=O)(=O)Nc1ccc(Oc2cc(-n3cccn3)ncn2)cc1. The van der Waals surface area contributed by atoms with Crippen LogP contribution in [0.15, 0.2) is 78.2 Å². The summed E-state index contributed by atoms with van der Waals surface area (Å²) in [7, 11) is -3.77. The maximum absolute atomic E-state index is 12.7. The minimum absolute atomic E-state index is 0.127. The number of aryl methyl sites for hydroxylation is 1. The first kappa shape index (κ1) is 19.9. The van der Waals surface area contributed by atoms with Crippen LogP contribution in [0.25, 0.3) is 5.82 Å². The molecule has 0 saturated carbocycles. The summed E-state index contributed by atoms with van der Waals surface area (Å²) < 4.78 is 35.2. The van der Waals surface area contributed by atoms with Crippen LogP contribution in [0.4, 0.5) is 5.69 Å². The number of hydrogen-bond acceptors (Lipinski definition) is 6. The highest BCUT2D eigenvalue weighted by Gasteiger charge is 2.17. The Labute approximate surface area is 178 Å². The molecule has 8 nitrogen and oxygen atoms in total. The van der Waals surface area contributed by atoms with Gasteiger partial charge in [-0.2, -0.15) is 5.10 Å². The lowest BCUT2D eigenvalue weighted by Gasteiger charge is -2.11. The van der Waals surface area contributed by atoms with Gasteiger partial charge in [0.1, 0.15) is 12.1 Å². The molecule has 0 spiro atoms. The Kier molecular flexibility index (Phi) is 5.39. The number of aromatic nitrogens is 4. The minimum Gasteiger partial charge on any atom is -0.439 e. The quantitative estimate of drug-likeness (QED) is 0.481. The van der Waals surface area contributed by atoms with E-state index in [1.807, 2.05) is 0 Å². The average Bonchev–Trinajstić information content (AvgIpc) is 3.26. The van der Waals surface area contributed by atoms with Gasteiger partial charge >= 0.3 is 0 Å². The Hall–Kier alpha value is -3.43. The summed E-state index contributed by atoms with van der Waals surface area (Å²) in [5, 5.41) is 4.47. The zero-order valence-corrected chi connectivity index (χ0v) is 17.3. The molecule has 2 heterocycles. The summed E-state index contributed by atoms with van der Waals surface area (Å²) in [6.45, 7) is 1.71. The fraction of sp³-hybridized carbons (Fsp3) is 0.0500. The van der Waals surface area contributed by atoms with Crippen LogP contribution in [0, 0.1) is 6.92 Å². The zero-order valence-electron chi connectivity index (χ0n) is 15.7. The number of ether oxygens (including phenoxy) is 1. The molecule has 0 unspecified atom stereocenters. The van der Waals surface area contributed by atoms with E-state index in [2.05, 4.69) is 19.8 Å². The molecule has 0 aliphatic carbocycles. The van der Waals surface area contributed by atoms with Crippen molar-refractivity contribution < 1.29 is 13.2 Å². The molecule has 0 fully saturated rings. The summed E-state index contributed by atoms with van der Waals surface area (Å²) in [4.78, 5) is 8.36. The predicted octanol–water partition coefficient (Wildman–Crippen LogP) is 4.22. The minimum atomic E-state index is -3.77. The second-order valence-electron chi connectivity index (χ2n) is 6.31. The molecule has 0 atom stereocenters. The lowest BCUT2D eigenvalue weighted by Crippen LogP contribution is -2.14. The third-order valence-electron chi connectivity index (χ3n) is 4.14. The molecule has 0 radical (unpaired) electrons. The van der Waals surface area contributed by atoms with Crippen LogP contribution in [0.1, 0.15) is 5.56 Å². The van der Waals surface area contributed by atoms with E-state index in [1.165, 1.54) is 12.4 Å². The van der Waals surface area contributed by atoms with Crippen molar-refractivity contribution in [3.8, 4) is 17.4 Å². The van der Waals surface area contributed by atoms with Gasteiger partial charge in [-0.15, -0.1) is 0 Å². The number of rotatable bonds is 6. The lowest BCUT2D eigenvalue weighted by atomic mass is 10.2. The van der Waals surface area contributed by atoms with E-state index in [9.17, 15) is 8.42 Å². The third-order valence-corrected chi connectivity index (χ3v) is 5.89. The Bertz CT molecular complexity index is 1280. The first-order chi connectivity index (χ1) is 14.4. The molecular weight excluding hydrogens is 426 g/mol. The van der Waals surface area contributed by atoms with Crippen molar-refractivity contribution in [2.75, 3.05) is 4.72 Å². The number of benzene rings is 2. The Balaban J connectivity index is 1.50. The largest absolute Gasteiger partial charge is 0.439 e. The van der Waals surface area contributed by atoms with Gasteiger partial charge in [0.05, 0.1) is 4.90 Å². The predicted molar refractivity (Wildman–Crippen MR) is 113 cm³/mol. The van der Waals surface area contributed by atoms with E-state index in [0.29, 0.717) is 33.7 Å². The molecule has 152 valence electrons. The van der Waals surface area contributed by atoms with Gasteiger partial charge in [0.2, 0.25) is 5.88 Å². The summed E-state index contributed by atoms with van der Waals surface area (Å²) in [5.41, 5.74) is 0.991.